The second kappa shape index (κ2) is 14.2. The Balaban J connectivity index is 1.44. The third-order valence-electron chi connectivity index (χ3n) is 7.48. The molecule has 0 aliphatic carbocycles. The van der Waals surface area contributed by atoms with Gasteiger partial charge >= 0.3 is 6.09 Å². The molecule has 0 aliphatic rings. The van der Waals surface area contributed by atoms with Crippen molar-refractivity contribution < 1.29 is 9.53 Å². The van der Waals surface area contributed by atoms with E-state index >= 15 is 0 Å². The number of carbonyl (C=O) groups is 1. The Hall–Kier alpha value is -5.05. The number of H-pyrrole nitrogens is 1. The normalized spacial score (nSPS) is 11.4. The summed E-state index contributed by atoms with van der Waals surface area (Å²) in [6.07, 6.45) is 2.34. The van der Waals surface area contributed by atoms with Crippen molar-refractivity contribution in [2.75, 3.05) is 0 Å². The summed E-state index contributed by atoms with van der Waals surface area (Å²) in [7, 11) is 0. The van der Waals surface area contributed by atoms with Crippen LogP contribution in [0.25, 0.3) is 22.5 Å². The lowest BCUT2D eigenvalue weighted by atomic mass is 9.98. The first kappa shape index (κ1) is 31.4. The second-order valence-electron chi connectivity index (χ2n) is 12.1. The van der Waals surface area contributed by atoms with Crippen molar-refractivity contribution in [3.63, 3.8) is 0 Å². The quantitative estimate of drug-likeness (QED) is 0.174. The summed E-state index contributed by atoms with van der Waals surface area (Å²) in [5.41, 5.74) is 5.62. The first-order valence-corrected chi connectivity index (χ1v) is 15.4. The molecule has 9 heteroatoms. The smallest absolute Gasteiger partial charge is 0.410 e. The van der Waals surface area contributed by atoms with Gasteiger partial charge in [-0.3, -0.25) is 9.69 Å². The molecule has 0 radical (unpaired) electrons. The van der Waals surface area contributed by atoms with Crippen molar-refractivity contribution in [3.05, 3.63) is 124 Å². The van der Waals surface area contributed by atoms with Crippen LogP contribution in [0.15, 0.2) is 95.8 Å². The number of hydrogen-bond acceptors (Lipinski definition) is 6. The number of aromatic nitrogens is 5. The van der Waals surface area contributed by atoms with Crippen molar-refractivity contribution in [3.8, 4) is 22.5 Å². The summed E-state index contributed by atoms with van der Waals surface area (Å²) in [5, 5.41) is 14.5. The van der Waals surface area contributed by atoms with E-state index in [1.165, 1.54) is 0 Å². The predicted octanol–water partition coefficient (Wildman–Crippen LogP) is 7.02. The molecule has 5 aromatic rings. The lowest BCUT2D eigenvalue weighted by Crippen LogP contribution is -2.38. The summed E-state index contributed by atoms with van der Waals surface area (Å²) in [4.78, 5) is 29.0. The average Bonchev–Trinajstić information content (AvgIpc) is 3.57. The Morgan fingerprint density at radius 2 is 1.58 bits per heavy atom. The van der Waals surface area contributed by atoms with Crippen LogP contribution in [0.5, 0.6) is 0 Å². The van der Waals surface area contributed by atoms with E-state index in [1.54, 1.807) is 4.90 Å². The number of hydrogen-bond donors (Lipinski definition) is 1. The highest BCUT2D eigenvalue weighted by atomic mass is 16.6. The number of amides is 1. The third-order valence-corrected chi connectivity index (χ3v) is 7.48. The molecule has 0 atom stereocenters. The molecule has 1 amide bonds. The van der Waals surface area contributed by atoms with Crippen molar-refractivity contribution in [2.24, 2.45) is 0 Å². The van der Waals surface area contributed by atoms with E-state index in [4.69, 9.17) is 4.74 Å². The van der Waals surface area contributed by atoms with Crippen LogP contribution in [0.3, 0.4) is 0 Å². The van der Waals surface area contributed by atoms with Gasteiger partial charge < -0.3 is 9.30 Å². The zero-order chi connectivity index (χ0) is 31.8. The number of tetrazole rings is 1. The maximum Gasteiger partial charge on any atom is 0.410 e. The van der Waals surface area contributed by atoms with E-state index in [1.807, 2.05) is 104 Å². The third kappa shape index (κ3) is 8.12. The topological polar surface area (TPSA) is 106 Å². The van der Waals surface area contributed by atoms with Gasteiger partial charge in [0.1, 0.15) is 5.60 Å². The van der Waals surface area contributed by atoms with Crippen LogP contribution in [0, 0.1) is 0 Å². The van der Waals surface area contributed by atoms with Gasteiger partial charge in [-0.1, -0.05) is 92.2 Å². The van der Waals surface area contributed by atoms with Gasteiger partial charge in [0.25, 0.3) is 5.56 Å². The van der Waals surface area contributed by atoms with Gasteiger partial charge in [-0.2, -0.15) is 5.21 Å². The largest absolute Gasteiger partial charge is 0.444 e. The molecule has 2 aromatic heterocycles. The average molecular weight is 605 g/mol. The van der Waals surface area contributed by atoms with Crippen LogP contribution in [-0.2, 0) is 30.8 Å². The summed E-state index contributed by atoms with van der Waals surface area (Å²) in [6.45, 7) is 8.57. The number of nitrogens with zero attached hydrogens (tertiary/aromatic N) is 5. The van der Waals surface area contributed by atoms with Gasteiger partial charge in [0.05, 0.1) is 13.1 Å². The van der Waals surface area contributed by atoms with Crippen LogP contribution in [0.4, 0.5) is 4.79 Å². The van der Waals surface area contributed by atoms with Crippen LogP contribution in [0.1, 0.15) is 62.9 Å². The van der Waals surface area contributed by atoms with Gasteiger partial charge in [0.15, 0.2) is 0 Å². The van der Waals surface area contributed by atoms with Crippen LogP contribution >= 0.6 is 0 Å². The fraction of sp³-hybridized carbons (Fsp3) is 0.306. The molecule has 0 aliphatic heterocycles. The molecule has 0 saturated carbocycles. The Morgan fingerprint density at radius 3 is 2.24 bits per heavy atom. The highest BCUT2D eigenvalue weighted by Crippen LogP contribution is 2.30. The van der Waals surface area contributed by atoms with Gasteiger partial charge in [-0.25, -0.2) is 4.79 Å². The molecular formula is C36H40N6O3. The molecule has 0 spiro atoms. The molecule has 5 rings (SSSR count). The molecule has 9 nitrogen and oxygen atoms in total. The monoisotopic (exact) mass is 604 g/mol. The first-order chi connectivity index (χ1) is 21.7. The number of aryl methyl sites for hydroxylation is 1. The number of pyridine rings is 1. The van der Waals surface area contributed by atoms with Crippen molar-refractivity contribution >= 4 is 6.09 Å². The van der Waals surface area contributed by atoms with Gasteiger partial charge in [0, 0.05) is 23.4 Å². The molecule has 0 saturated heterocycles. The van der Waals surface area contributed by atoms with E-state index in [0.717, 1.165) is 52.8 Å². The molecule has 1 N–H and O–H groups in total. The number of rotatable bonds is 11. The molecule has 3 aromatic carbocycles. The minimum atomic E-state index is -0.658. The van der Waals surface area contributed by atoms with Crippen LogP contribution < -0.4 is 5.56 Å². The van der Waals surface area contributed by atoms with Crippen molar-refractivity contribution in [2.45, 2.75) is 72.2 Å². The van der Waals surface area contributed by atoms with Crippen molar-refractivity contribution in [1.29, 1.82) is 0 Å². The van der Waals surface area contributed by atoms with E-state index in [-0.39, 0.29) is 12.1 Å². The minimum absolute atomic E-state index is 0.100. The number of carbonyl (C=O) groups excluding carboxylic acids is 1. The van der Waals surface area contributed by atoms with Crippen molar-refractivity contribution in [1.82, 2.24) is 30.1 Å². The van der Waals surface area contributed by atoms with E-state index in [9.17, 15) is 9.59 Å². The standard InChI is InChI=1S/C36H40N6O3/c1-5-6-14-30-22-21-29(25-41(35(44)45-36(2,3)4)23-26-12-8-7-9-13-26)34(43)42(30)24-27-17-19-28(20-18-27)31-15-10-11-16-32(31)33-37-39-40-38-33/h7-13,15-22H,5-6,14,23-25H2,1-4H3,(H,37,38,39,40). The Labute approximate surface area is 263 Å². The Kier molecular flexibility index (Phi) is 9.87. The SMILES string of the molecule is CCCCc1ccc(CN(Cc2ccccc2)C(=O)OC(C)(C)C)c(=O)n1Cc1ccc(-c2ccccc2-c2nn[nH]n2)cc1. The molecule has 2 heterocycles. The molecular weight excluding hydrogens is 564 g/mol. The van der Waals surface area contributed by atoms with E-state index < -0.39 is 11.7 Å². The maximum atomic E-state index is 14.1. The molecule has 45 heavy (non-hydrogen) atoms. The van der Waals surface area contributed by atoms with Gasteiger partial charge in [-0.15, -0.1) is 10.2 Å². The molecule has 0 fully saturated rings. The lowest BCUT2D eigenvalue weighted by molar-refractivity contribution is 0.0215. The first-order valence-electron chi connectivity index (χ1n) is 15.4. The summed E-state index contributed by atoms with van der Waals surface area (Å²) >= 11 is 0. The highest BCUT2D eigenvalue weighted by Gasteiger charge is 2.24. The predicted molar refractivity (Wildman–Crippen MR) is 175 cm³/mol. The number of benzene rings is 3. The summed E-state index contributed by atoms with van der Waals surface area (Å²) in [5.74, 6) is 0.534. The number of nitrogens with one attached hydrogen (secondary N) is 1. The maximum absolute atomic E-state index is 14.1. The van der Waals surface area contributed by atoms with Gasteiger partial charge in [-0.05, 0) is 73.2 Å². The summed E-state index contributed by atoms with van der Waals surface area (Å²) < 4.78 is 7.58. The zero-order valence-electron chi connectivity index (χ0n) is 26.4. The molecule has 0 bridgehead atoms. The fourth-order valence-corrected chi connectivity index (χ4v) is 5.23. The molecule has 0 unspecified atom stereocenters. The Bertz CT molecular complexity index is 1760. The van der Waals surface area contributed by atoms with E-state index in [2.05, 4.69) is 39.7 Å². The van der Waals surface area contributed by atoms with Gasteiger partial charge in [0.2, 0.25) is 5.82 Å². The fourth-order valence-electron chi connectivity index (χ4n) is 5.23. The number of aromatic amines is 1. The van der Waals surface area contributed by atoms with E-state index in [0.29, 0.717) is 24.5 Å². The Morgan fingerprint density at radius 1 is 0.867 bits per heavy atom. The molecule has 232 valence electrons. The van der Waals surface area contributed by atoms with Crippen LogP contribution in [0.2, 0.25) is 0 Å². The van der Waals surface area contributed by atoms with Crippen LogP contribution in [-0.4, -0.2) is 41.8 Å². The minimum Gasteiger partial charge on any atom is -0.444 e. The lowest BCUT2D eigenvalue weighted by Gasteiger charge is -2.28. The number of ether oxygens (including phenoxy) is 1. The zero-order valence-corrected chi connectivity index (χ0v) is 26.4. The number of unbranched alkanes of at least 4 members (excludes halogenated alkanes) is 1. The second-order valence-corrected chi connectivity index (χ2v) is 12.1. The summed E-state index contributed by atoms with van der Waals surface area (Å²) in [6, 6.07) is 29.8. The highest BCUT2D eigenvalue weighted by molar-refractivity contribution is 5.80.